The second kappa shape index (κ2) is 12.4. The van der Waals surface area contributed by atoms with Gasteiger partial charge in [-0.15, -0.1) is 0 Å². The van der Waals surface area contributed by atoms with Crippen molar-refractivity contribution in [2.24, 2.45) is 0 Å². The summed E-state index contributed by atoms with van der Waals surface area (Å²) in [5.41, 5.74) is 3.04. The van der Waals surface area contributed by atoms with Crippen molar-refractivity contribution in [3.8, 4) is 23.0 Å². The van der Waals surface area contributed by atoms with Crippen LogP contribution in [0.3, 0.4) is 0 Å². The van der Waals surface area contributed by atoms with E-state index < -0.39 is 0 Å². The van der Waals surface area contributed by atoms with Crippen molar-refractivity contribution in [2.45, 2.75) is 26.3 Å². The van der Waals surface area contributed by atoms with Crippen LogP contribution in [0.5, 0.6) is 23.0 Å². The van der Waals surface area contributed by atoms with Gasteiger partial charge in [0.15, 0.2) is 11.5 Å². The fourth-order valence-corrected chi connectivity index (χ4v) is 4.55. The number of rotatable bonds is 10. The number of fused-ring (bicyclic) bond motifs is 1. The average Bonchev–Trinajstić information content (AvgIpc) is 2.95. The van der Waals surface area contributed by atoms with Gasteiger partial charge in [-0.05, 0) is 92.1 Å². The molecule has 0 unspecified atom stereocenters. The van der Waals surface area contributed by atoms with Gasteiger partial charge in [-0.3, -0.25) is 4.79 Å². The predicted molar refractivity (Wildman–Crippen MR) is 143 cm³/mol. The molecule has 4 rings (SSSR count). The lowest BCUT2D eigenvalue weighted by Crippen LogP contribution is -2.42. The molecular weight excluding hydrogens is 486 g/mol. The Balaban J connectivity index is 1.62. The van der Waals surface area contributed by atoms with Crippen molar-refractivity contribution in [3.63, 3.8) is 0 Å². The summed E-state index contributed by atoms with van der Waals surface area (Å²) in [5, 5.41) is 0. The summed E-state index contributed by atoms with van der Waals surface area (Å²) >= 11 is 0. The van der Waals surface area contributed by atoms with Crippen LogP contribution in [0.2, 0.25) is 0 Å². The number of methoxy groups -OCH3 is 2. The molecule has 1 amide bonds. The summed E-state index contributed by atoms with van der Waals surface area (Å²) < 4.78 is 27.8. The highest BCUT2D eigenvalue weighted by atomic mass is 16.5. The zero-order chi connectivity index (χ0) is 27.1. The summed E-state index contributed by atoms with van der Waals surface area (Å²) in [6.07, 6.45) is 0.670. The van der Waals surface area contributed by atoms with Gasteiger partial charge in [-0.1, -0.05) is 0 Å². The molecule has 8 nitrogen and oxygen atoms in total. The van der Waals surface area contributed by atoms with Crippen molar-refractivity contribution in [3.05, 3.63) is 82.9 Å². The Bertz CT molecular complexity index is 1250. The van der Waals surface area contributed by atoms with E-state index in [1.165, 1.54) is 0 Å². The van der Waals surface area contributed by atoms with Crippen molar-refractivity contribution in [2.75, 3.05) is 40.6 Å². The maximum atomic E-state index is 13.7. The highest BCUT2D eigenvalue weighted by Crippen LogP contribution is 2.39. The third-order valence-electron chi connectivity index (χ3n) is 6.45. The van der Waals surface area contributed by atoms with E-state index in [1.807, 2.05) is 24.0 Å². The molecule has 0 radical (unpaired) electrons. The van der Waals surface area contributed by atoms with Gasteiger partial charge in [-0.2, -0.15) is 0 Å². The van der Waals surface area contributed by atoms with E-state index in [-0.39, 0.29) is 24.5 Å². The molecule has 3 aromatic carbocycles. The molecule has 3 aromatic rings. The smallest absolute Gasteiger partial charge is 0.338 e. The Morgan fingerprint density at radius 1 is 0.816 bits per heavy atom. The first-order valence-electron chi connectivity index (χ1n) is 12.7. The molecule has 1 aliphatic rings. The second-order valence-electron chi connectivity index (χ2n) is 8.68. The van der Waals surface area contributed by atoms with E-state index in [4.69, 9.17) is 23.7 Å². The molecule has 0 aliphatic carbocycles. The third kappa shape index (κ3) is 5.85. The van der Waals surface area contributed by atoms with Crippen molar-refractivity contribution < 1.29 is 33.3 Å². The van der Waals surface area contributed by atoms with Gasteiger partial charge in [0, 0.05) is 12.1 Å². The fourth-order valence-electron chi connectivity index (χ4n) is 4.55. The van der Waals surface area contributed by atoms with Crippen LogP contribution in [0.4, 0.5) is 0 Å². The van der Waals surface area contributed by atoms with E-state index in [1.54, 1.807) is 69.7 Å². The highest BCUT2D eigenvalue weighted by molar-refractivity contribution is 5.95. The Morgan fingerprint density at radius 3 is 2.03 bits per heavy atom. The van der Waals surface area contributed by atoms with Gasteiger partial charge in [0.05, 0.1) is 39.0 Å². The van der Waals surface area contributed by atoms with Crippen LogP contribution in [0, 0.1) is 0 Å². The topological polar surface area (TPSA) is 83.5 Å². The number of nitrogens with zero attached hydrogens (tertiary/aromatic N) is 1. The van der Waals surface area contributed by atoms with Gasteiger partial charge in [0.1, 0.15) is 18.1 Å². The SMILES string of the molecule is CCOC(=O)c1ccc(OC[C@H]2c3cc(OC)c(OC)cc3CCN2C(=O)c2ccc(OCC)cc2)cc1. The molecule has 0 bridgehead atoms. The lowest BCUT2D eigenvalue weighted by atomic mass is 9.91. The normalized spacial score (nSPS) is 14.3. The summed E-state index contributed by atoms with van der Waals surface area (Å²) in [5.74, 6) is 2.06. The Labute approximate surface area is 223 Å². The van der Waals surface area contributed by atoms with Crippen LogP contribution in [-0.2, 0) is 11.2 Å². The van der Waals surface area contributed by atoms with Crippen LogP contribution in [0.25, 0.3) is 0 Å². The summed E-state index contributed by atoms with van der Waals surface area (Å²) in [6.45, 7) is 5.28. The van der Waals surface area contributed by atoms with E-state index in [0.717, 1.165) is 16.9 Å². The third-order valence-corrected chi connectivity index (χ3v) is 6.45. The summed E-state index contributed by atoms with van der Waals surface area (Å²) in [7, 11) is 3.20. The van der Waals surface area contributed by atoms with Gasteiger partial charge in [0.25, 0.3) is 5.91 Å². The van der Waals surface area contributed by atoms with Crippen LogP contribution in [0.1, 0.15) is 51.7 Å². The second-order valence-corrected chi connectivity index (χ2v) is 8.68. The van der Waals surface area contributed by atoms with Gasteiger partial charge in [0.2, 0.25) is 0 Å². The van der Waals surface area contributed by atoms with Crippen LogP contribution >= 0.6 is 0 Å². The summed E-state index contributed by atoms with van der Waals surface area (Å²) in [4.78, 5) is 27.5. The molecule has 0 saturated carbocycles. The number of hydrogen-bond donors (Lipinski definition) is 0. The minimum absolute atomic E-state index is 0.0975. The fraction of sp³-hybridized carbons (Fsp3) is 0.333. The number of carbonyl (C=O) groups excluding carboxylic acids is 2. The Kier molecular flexibility index (Phi) is 8.73. The largest absolute Gasteiger partial charge is 0.494 e. The van der Waals surface area contributed by atoms with Crippen LogP contribution < -0.4 is 18.9 Å². The monoisotopic (exact) mass is 519 g/mol. The molecular formula is C30H33NO7. The molecule has 38 heavy (non-hydrogen) atoms. The molecule has 1 heterocycles. The van der Waals surface area contributed by atoms with Crippen molar-refractivity contribution in [1.29, 1.82) is 0 Å². The first-order chi connectivity index (χ1) is 18.5. The number of amides is 1. The van der Waals surface area contributed by atoms with E-state index in [9.17, 15) is 9.59 Å². The number of benzene rings is 3. The van der Waals surface area contributed by atoms with E-state index in [0.29, 0.717) is 54.6 Å². The zero-order valence-corrected chi connectivity index (χ0v) is 22.2. The van der Waals surface area contributed by atoms with Crippen molar-refractivity contribution >= 4 is 11.9 Å². The Morgan fingerprint density at radius 2 is 1.42 bits per heavy atom. The number of esters is 1. The minimum atomic E-state index is -0.381. The van der Waals surface area contributed by atoms with Crippen molar-refractivity contribution in [1.82, 2.24) is 4.90 Å². The minimum Gasteiger partial charge on any atom is -0.494 e. The molecule has 1 aliphatic heterocycles. The van der Waals surface area contributed by atoms with Crippen LogP contribution in [-0.4, -0.2) is 57.4 Å². The molecule has 8 heteroatoms. The maximum Gasteiger partial charge on any atom is 0.338 e. The first-order valence-corrected chi connectivity index (χ1v) is 12.7. The van der Waals surface area contributed by atoms with Gasteiger partial charge >= 0.3 is 5.97 Å². The molecule has 0 fully saturated rings. The van der Waals surface area contributed by atoms with Crippen LogP contribution in [0.15, 0.2) is 60.7 Å². The quantitative estimate of drug-likeness (QED) is 0.345. The van der Waals surface area contributed by atoms with Gasteiger partial charge < -0.3 is 28.6 Å². The van der Waals surface area contributed by atoms with E-state index in [2.05, 4.69) is 0 Å². The standard InChI is InChI=1S/C30H33NO7/c1-5-36-23-11-7-20(8-12-23)29(32)31-16-15-22-17-27(34-3)28(35-4)18-25(22)26(31)19-38-24-13-9-21(10-14-24)30(33)37-6-2/h7-14,17-18,26H,5-6,15-16,19H2,1-4H3/t26-/m0/s1. The summed E-state index contributed by atoms with van der Waals surface area (Å²) in [6, 6.07) is 17.5. The first kappa shape index (κ1) is 26.9. The molecule has 0 aromatic heterocycles. The zero-order valence-electron chi connectivity index (χ0n) is 22.2. The molecule has 0 spiro atoms. The maximum absolute atomic E-state index is 13.7. The number of ether oxygens (including phenoxy) is 5. The molecule has 1 atom stereocenters. The average molecular weight is 520 g/mol. The lowest BCUT2D eigenvalue weighted by Gasteiger charge is -2.37. The van der Waals surface area contributed by atoms with E-state index >= 15 is 0 Å². The molecule has 200 valence electrons. The molecule has 0 saturated heterocycles. The number of carbonyl (C=O) groups is 2. The predicted octanol–water partition coefficient (Wildman–Crippen LogP) is 5.10. The Hall–Kier alpha value is -4.20. The number of hydrogen-bond acceptors (Lipinski definition) is 7. The highest BCUT2D eigenvalue weighted by Gasteiger charge is 2.33. The van der Waals surface area contributed by atoms with Gasteiger partial charge in [-0.25, -0.2) is 4.79 Å². The lowest BCUT2D eigenvalue weighted by molar-refractivity contribution is 0.0524. The molecule has 0 N–H and O–H groups in total.